The van der Waals surface area contributed by atoms with E-state index in [1.807, 2.05) is 0 Å². The molecular weight excluding hydrogens is 273 g/mol. The van der Waals surface area contributed by atoms with Gasteiger partial charge in [0.2, 0.25) is 0 Å². The maximum Gasteiger partial charge on any atom is 0.309 e. The molecule has 0 saturated carbocycles. The summed E-state index contributed by atoms with van der Waals surface area (Å²) < 4.78 is 12.7. The highest BCUT2D eigenvalue weighted by molar-refractivity contribution is 7.98. The SMILES string of the molecule is O=C(O)Cc1csc(CSc2ccc(F)cc2)n1. The maximum atomic E-state index is 12.7. The van der Waals surface area contributed by atoms with Gasteiger partial charge in [-0.3, -0.25) is 4.79 Å². The number of hydrogen-bond acceptors (Lipinski definition) is 4. The van der Waals surface area contributed by atoms with Gasteiger partial charge in [0.1, 0.15) is 10.8 Å². The quantitative estimate of drug-likeness (QED) is 0.856. The number of hydrogen-bond donors (Lipinski definition) is 1. The van der Waals surface area contributed by atoms with E-state index < -0.39 is 5.97 Å². The Balaban J connectivity index is 1.92. The van der Waals surface area contributed by atoms with Gasteiger partial charge in [-0.2, -0.15) is 0 Å². The van der Waals surface area contributed by atoms with E-state index in [-0.39, 0.29) is 12.2 Å². The van der Waals surface area contributed by atoms with Gasteiger partial charge in [-0.25, -0.2) is 9.37 Å². The number of benzene rings is 1. The summed E-state index contributed by atoms with van der Waals surface area (Å²) in [5.41, 5.74) is 0.585. The largest absolute Gasteiger partial charge is 0.481 e. The van der Waals surface area contributed by atoms with E-state index in [1.54, 1.807) is 29.3 Å². The zero-order chi connectivity index (χ0) is 13.0. The van der Waals surface area contributed by atoms with Crippen LogP contribution >= 0.6 is 23.1 Å². The topological polar surface area (TPSA) is 50.2 Å². The highest BCUT2D eigenvalue weighted by Crippen LogP contribution is 2.24. The number of thiazole rings is 1. The number of rotatable bonds is 5. The molecule has 0 saturated heterocycles. The molecule has 3 nitrogen and oxygen atoms in total. The molecule has 94 valence electrons. The summed E-state index contributed by atoms with van der Waals surface area (Å²) in [6, 6.07) is 6.26. The Bertz CT molecular complexity index is 539. The van der Waals surface area contributed by atoms with E-state index in [9.17, 15) is 9.18 Å². The lowest BCUT2D eigenvalue weighted by atomic mass is 10.3. The number of carboxylic acids is 1. The van der Waals surface area contributed by atoms with Crippen molar-refractivity contribution in [3.05, 3.63) is 46.2 Å². The molecule has 0 aliphatic heterocycles. The predicted octanol–water partition coefficient (Wildman–Crippen LogP) is 3.20. The van der Waals surface area contributed by atoms with Crippen molar-refractivity contribution in [2.24, 2.45) is 0 Å². The minimum Gasteiger partial charge on any atom is -0.481 e. The molecule has 0 atom stereocenters. The minimum absolute atomic E-state index is 0.0439. The second kappa shape index (κ2) is 5.97. The fraction of sp³-hybridized carbons (Fsp3) is 0.167. The van der Waals surface area contributed by atoms with E-state index in [0.29, 0.717) is 11.4 Å². The van der Waals surface area contributed by atoms with Crippen molar-refractivity contribution in [3.8, 4) is 0 Å². The van der Waals surface area contributed by atoms with Gasteiger partial charge < -0.3 is 5.11 Å². The van der Waals surface area contributed by atoms with Crippen LogP contribution in [-0.4, -0.2) is 16.1 Å². The third kappa shape index (κ3) is 3.82. The molecule has 1 heterocycles. The Hall–Kier alpha value is -1.40. The van der Waals surface area contributed by atoms with Gasteiger partial charge in [-0.15, -0.1) is 23.1 Å². The highest BCUT2D eigenvalue weighted by Gasteiger charge is 2.06. The Kier molecular flexibility index (Phi) is 4.33. The van der Waals surface area contributed by atoms with Crippen molar-refractivity contribution in [3.63, 3.8) is 0 Å². The van der Waals surface area contributed by atoms with Crippen molar-refractivity contribution < 1.29 is 14.3 Å². The molecular formula is C12H10FNO2S2. The van der Waals surface area contributed by atoms with Crippen LogP contribution in [-0.2, 0) is 17.0 Å². The molecule has 2 aromatic rings. The monoisotopic (exact) mass is 283 g/mol. The summed E-state index contributed by atoms with van der Waals surface area (Å²) in [6.07, 6.45) is -0.0439. The van der Waals surface area contributed by atoms with Crippen LogP contribution in [0.1, 0.15) is 10.7 Å². The lowest BCUT2D eigenvalue weighted by molar-refractivity contribution is -0.136. The number of thioether (sulfide) groups is 1. The fourth-order valence-corrected chi connectivity index (χ4v) is 3.04. The van der Waals surface area contributed by atoms with Crippen LogP contribution in [0.5, 0.6) is 0 Å². The number of aliphatic carboxylic acids is 1. The molecule has 0 aliphatic rings. The van der Waals surface area contributed by atoms with Crippen LogP contribution in [0.4, 0.5) is 4.39 Å². The molecule has 0 aliphatic carbocycles. The van der Waals surface area contributed by atoms with Crippen LogP contribution in [0.2, 0.25) is 0 Å². The van der Waals surface area contributed by atoms with E-state index in [0.717, 1.165) is 9.90 Å². The van der Waals surface area contributed by atoms with Gasteiger partial charge in [-0.1, -0.05) is 0 Å². The first-order chi connectivity index (χ1) is 8.63. The molecule has 1 aromatic heterocycles. The van der Waals surface area contributed by atoms with Gasteiger partial charge >= 0.3 is 5.97 Å². The highest BCUT2D eigenvalue weighted by atomic mass is 32.2. The molecule has 6 heteroatoms. The van der Waals surface area contributed by atoms with Crippen molar-refractivity contribution in [2.75, 3.05) is 0 Å². The summed E-state index contributed by atoms with van der Waals surface area (Å²) in [4.78, 5) is 15.7. The number of carbonyl (C=O) groups is 1. The number of carboxylic acid groups (broad SMARTS) is 1. The van der Waals surface area contributed by atoms with Gasteiger partial charge in [-0.05, 0) is 24.3 Å². The fourth-order valence-electron chi connectivity index (χ4n) is 1.33. The van der Waals surface area contributed by atoms with E-state index in [4.69, 9.17) is 5.11 Å². The second-order valence-electron chi connectivity index (χ2n) is 3.55. The summed E-state index contributed by atoms with van der Waals surface area (Å²) >= 11 is 2.99. The Morgan fingerprint density at radius 2 is 2.11 bits per heavy atom. The van der Waals surface area contributed by atoms with Crippen molar-refractivity contribution in [1.29, 1.82) is 0 Å². The number of halogens is 1. The van der Waals surface area contributed by atoms with Gasteiger partial charge in [0.25, 0.3) is 0 Å². The Morgan fingerprint density at radius 3 is 2.78 bits per heavy atom. The third-order valence-corrected chi connectivity index (χ3v) is 4.21. The third-order valence-electron chi connectivity index (χ3n) is 2.11. The van der Waals surface area contributed by atoms with E-state index in [1.165, 1.54) is 23.5 Å². The maximum absolute atomic E-state index is 12.7. The molecule has 18 heavy (non-hydrogen) atoms. The van der Waals surface area contributed by atoms with E-state index >= 15 is 0 Å². The van der Waals surface area contributed by atoms with Crippen LogP contribution in [0.15, 0.2) is 34.5 Å². The predicted molar refractivity (Wildman–Crippen MR) is 69.4 cm³/mol. The lowest BCUT2D eigenvalue weighted by Gasteiger charge is -1.98. The summed E-state index contributed by atoms with van der Waals surface area (Å²) in [5, 5.41) is 11.3. The molecule has 0 radical (unpaired) electrons. The van der Waals surface area contributed by atoms with Gasteiger partial charge in [0, 0.05) is 10.3 Å². The van der Waals surface area contributed by atoms with Crippen LogP contribution in [0.25, 0.3) is 0 Å². The first-order valence-corrected chi connectivity index (χ1v) is 7.03. The lowest BCUT2D eigenvalue weighted by Crippen LogP contribution is -2.00. The Morgan fingerprint density at radius 1 is 1.39 bits per heavy atom. The first-order valence-electron chi connectivity index (χ1n) is 5.17. The van der Waals surface area contributed by atoms with E-state index in [2.05, 4.69) is 4.98 Å². The van der Waals surface area contributed by atoms with Crippen molar-refractivity contribution >= 4 is 29.1 Å². The number of nitrogens with zero attached hydrogens (tertiary/aromatic N) is 1. The zero-order valence-corrected chi connectivity index (χ0v) is 10.9. The first kappa shape index (κ1) is 13.0. The molecule has 1 N–H and O–H groups in total. The summed E-state index contributed by atoms with van der Waals surface area (Å²) in [6.45, 7) is 0. The molecule has 0 unspecified atom stereocenters. The van der Waals surface area contributed by atoms with Crippen molar-refractivity contribution in [2.45, 2.75) is 17.1 Å². The average Bonchev–Trinajstić information content (AvgIpc) is 2.75. The number of aromatic nitrogens is 1. The zero-order valence-electron chi connectivity index (χ0n) is 9.30. The van der Waals surface area contributed by atoms with Gasteiger partial charge in [0.05, 0.1) is 17.9 Å². The molecule has 0 amide bonds. The molecule has 0 fully saturated rings. The summed E-state index contributed by atoms with van der Waals surface area (Å²) in [7, 11) is 0. The normalized spacial score (nSPS) is 10.5. The minimum atomic E-state index is -0.877. The standard InChI is InChI=1S/C12H10FNO2S2/c13-8-1-3-10(4-2-8)17-7-11-14-9(6-18-11)5-12(15)16/h1-4,6H,5,7H2,(H,15,16). The molecule has 1 aromatic carbocycles. The van der Waals surface area contributed by atoms with Crippen molar-refractivity contribution in [1.82, 2.24) is 4.98 Å². The molecule has 0 bridgehead atoms. The van der Waals surface area contributed by atoms with Gasteiger partial charge in [0.15, 0.2) is 0 Å². The van der Waals surface area contributed by atoms with Crippen LogP contribution < -0.4 is 0 Å². The van der Waals surface area contributed by atoms with Crippen LogP contribution in [0.3, 0.4) is 0 Å². The molecule has 2 rings (SSSR count). The average molecular weight is 283 g/mol. The second-order valence-corrected chi connectivity index (χ2v) is 5.54. The van der Waals surface area contributed by atoms with Crippen LogP contribution in [0, 0.1) is 5.82 Å². The smallest absolute Gasteiger partial charge is 0.309 e. The molecule has 0 spiro atoms. The Labute approximate surface area is 112 Å². The summed E-state index contributed by atoms with van der Waals surface area (Å²) in [5.74, 6) is -0.467.